The Balaban J connectivity index is 1.34. The number of hydrogen-bond acceptors (Lipinski definition) is 6. The summed E-state index contributed by atoms with van der Waals surface area (Å²) in [6.07, 6.45) is 5.80. The monoisotopic (exact) mass is 399 g/mol. The first-order valence-electron chi connectivity index (χ1n) is 9.21. The van der Waals surface area contributed by atoms with Crippen molar-refractivity contribution >= 4 is 29.3 Å². The molecule has 7 heteroatoms. The third-order valence-corrected chi connectivity index (χ3v) is 5.64. The van der Waals surface area contributed by atoms with Crippen molar-refractivity contribution in [2.45, 2.75) is 36.4 Å². The topological polar surface area (TPSA) is 73.9 Å². The van der Waals surface area contributed by atoms with E-state index in [0.29, 0.717) is 22.7 Å². The number of fused-ring (bicyclic) bond motifs is 1. The van der Waals surface area contributed by atoms with E-state index >= 15 is 0 Å². The molecule has 0 aromatic heterocycles. The molecule has 1 spiro atoms. The Morgan fingerprint density at radius 2 is 1.86 bits per heavy atom. The fourth-order valence-electron chi connectivity index (χ4n) is 3.51. The zero-order chi connectivity index (χ0) is 19.6. The van der Waals surface area contributed by atoms with Crippen LogP contribution in [-0.4, -0.2) is 30.5 Å². The largest absolute Gasteiger partial charge is 0.452 e. The quantitative estimate of drug-likeness (QED) is 0.599. The molecule has 146 valence electrons. The van der Waals surface area contributed by atoms with Crippen molar-refractivity contribution in [3.8, 4) is 11.5 Å². The lowest BCUT2D eigenvalue weighted by Crippen LogP contribution is -2.34. The summed E-state index contributed by atoms with van der Waals surface area (Å²) in [5.41, 5.74) is 1.02. The third-order valence-electron chi connectivity index (χ3n) is 4.85. The van der Waals surface area contributed by atoms with Gasteiger partial charge >= 0.3 is 5.97 Å². The Labute approximate surface area is 167 Å². The maximum Gasteiger partial charge on any atom is 0.339 e. The first-order chi connectivity index (χ1) is 13.6. The number of ether oxygens (including phenoxy) is 3. The van der Waals surface area contributed by atoms with Crippen LogP contribution in [0.25, 0.3) is 0 Å². The summed E-state index contributed by atoms with van der Waals surface area (Å²) in [4.78, 5) is 25.2. The van der Waals surface area contributed by atoms with Crippen molar-refractivity contribution in [1.29, 1.82) is 0 Å². The number of amides is 1. The summed E-state index contributed by atoms with van der Waals surface area (Å²) >= 11 is 1.45. The van der Waals surface area contributed by atoms with Gasteiger partial charge in [0, 0.05) is 29.5 Å². The van der Waals surface area contributed by atoms with Gasteiger partial charge in [0.1, 0.15) is 0 Å². The van der Waals surface area contributed by atoms with Gasteiger partial charge in [0.05, 0.1) is 5.56 Å². The maximum absolute atomic E-state index is 12.2. The normalized spacial score (nSPS) is 16.2. The van der Waals surface area contributed by atoms with E-state index in [1.54, 1.807) is 30.3 Å². The van der Waals surface area contributed by atoms with Gasteiger partial charge in [-0.25, -0.2) is 4.79 Å². The minimum atomic E-state index is -0.537. The molecule has 1 aliphatic heterocycles. The predicted octanol–water partition coefficient (Wildman–Crippen LogP) is 4.25. The number of carbonyl (C=O) groups is 2. The predicted molar refractivity (Wildman–Crippen MR) is 106 cm³/mol. The van der Waals surface area contributed by atoms with Gasteiger partial charge in [0.15, 0.2) is 18.1 Å². The molecule has 0 saturated heterocycles. The van der Waals surface area contributed by atoms with Crippen LogP contribution < -0.4 is 14.8 Å². The highest BCUT2D eigenvalue weighted by Gasteiger charge is 2.44. The number of carbonyl (C=O) groups excluding carboxylic acids is 2. The van der Waals surface area contributed by atoms with Crippen LogP contribution in [0.2, 0.25) is 0 Å². The van der Waals surface area contributed by atoms with E-state index in [1.165, 1.54) is 11.8 Å². The Hall–Kier alpha value is -2.67. The van der Waals surface area contributed by atoms with Gasteiger partial charge in [0.2, 0.25) is 0 Å². The maximum atomic E-state index is 12.2. The number of benzene rings is 2. The van der Waals surface area contributed by atoms with Gasteiger partial charge in [-0.3, -0.25) is 4.79 Å². The Kier molecular flexibility index (Phi) is 5.17. The van der Waals surface area contributed by atoms with Crippen LogP contribution in [0.5, 0.6) is 11.5 Å². The van der Waals surface area contributed by atoms with Crippen LogP contribution in [0.15, 0.2) is 47.4 Å². The third kappa shape index (κ3) is 3.80. The molecule has 6 nitrogen and oxygen atoms in total. The number of hydrogen-bond donors (Lipinski definition) is 1. The van der Waals surface area contributed by atoms with Crippen LogP contribution in [0.1, 0.15) is 36.0 Å². The van der Waals surface area contributed by atoms with Crippen LogP contribution in [0.4, 0.5) is 5.69 Å². The molecule has 2 aliphatic rings. The first kappa shape index (κ1) is 18.7. The fourth-order valence-corrected chi connectivity index (χ4v) is 4.09. The van der Waals surface area contributed by atoms with Gasteiger partial charge < -0.3 is 19.5 Å². The SMILES string of the molecule is CSc1ccccc1C(=O)OCC(=O)Nc1ccc2c(c1)OC1(CCCC1)O2. The molecule has 0 radical (unpaired) electrons. The summed E-state index contributed by atoms with van der Waals surface area (Å²) in [7, 11) is 0. The molecule has 1 N–H and O–H groups in total. The van der Waals surface area contributed by atoms with Crippen LogP contribution in [-0.2, 0) is 9.53 Å². The molecule has 1 aliphatic carbocycles. The van der Waals surface area contributed by atoms with E-state index in [1.807, 2.05) is 18.4 Å². The van der Waals surface area contributed by atoms with Crippen LogP contribution >= 0.6 is 11.8 Å². The highest BCUT2D eigenvalue weighted by atomic mass is 32.2. The molecule has 1 amide bonds. The highest BCUT2D eigenvalue weighted by Crippen LogP contribution is 2.47. The van der Waals surface area contributed by atoms with E-state index in [4.69, 9.17) is 14.2 Å². The van der Waals surface area contributed by atoms with Crippen molar-refractivity contribution in [2.75, 3.05) is 18.2 Å². The molecule has 4 rings (SSSR count). The summed E-state index contributed by atoms with van der Waals surface area (Å²) in [6.45, 7) is -0.361. The summed E-state index contributed by atoms with van der Waals surface area (Å²) in [6, 6.07) is 12.4. The molecule has 2 aromatic carbocycles. The minimum absolute atomic E-state index is 0.361. The van der Waals surface area contributed by atoms with Crippen LogP contribution in [0, 0.1) is 0 Å². The number of anilines is 1. The number of nitrogens with one attached hydrogen (secondary N) is 1. The average molecular weight is 399 g/mol. The van der Waals surface area contributed by atoms with Gasteiger partial charge in [-0.15, -0.1) is 11.8 Å². The zero-order valence-electron chi connectivity index (χ0n) is 15.5. The second-order valence-electron chi connectivity index (χ2n) is 6.81. The van der Waals surface area contributed by atoms with E-state index in [0.717, 1.165) is 30.6 Å². The van der Waals surface area contributed by atoms with E-state index in [-0.39, 0.29) is 6.61 Å². The molecular weight excluding hydrogens is 378 g/mol. The minimum Gasteiger partial charge on any atom is -0.452 e. The lowest BCUT2D eigenvalue weighted by Gasteiger charge is -2.21. The smallest absolute Gasteiger partial charge is 0.339 e. The molecular formula is C21H21NO5S. The standard InChI is InChI=1S/C21H21NO5S/c1-28-18-7-3-2-6-15(18)20(24)25-13-19(23)22-14-8-9-16-17(12-14)27-21(26-16)10-4-5-11-21/h2-3,6-9,12H,4-5,10-11,13H2,1H3,(H,22,23). The van der Waals surface area contributed by atoms with E-state index < -0.39 is 17.7 Å². The second-order valence-corrected chi connectivity index (χ2v) is 7.66. The summed E-state index contributed by atoms with van der Waals surface area (Å²) in [5, 5.41) is 2.73. The van der Waals surface area contributed by atoms with Gasteiger partial charge in [-0.2, -0.15) is 0 Å². The average Bonchev–Trinajstić information content (AvgIpc) is 3.31. The van der Waals surface area contributed by atoms with E-state index in [9.17, 15) is 9.59 Å². The van der Waals surface area contributed by atoms with Crippen molar-refractivity contribution in [3.63, 3.8) is 0 Å². The van der Waals surface area contributed by atoms with Crippen molar-refractivity contribution < 1.29 is 23.8 Å². The Morgan fingerprint density at radius 1 is 1.11 bits per heavy atom. The lowest BCUT2D eigenvalue weighted by molar-refractivity contribution is -0.119. The molecule has 0 atom stereocenters. The fraction of sp³-hybridized carbons (Fsp3) is 0.333. The second kappa shape index (κ2) is 7.75. The molecule has 0 bridgehead atoms. The first-order valence-corrected chi connectivity index (χ1v) is 10.4. The number of esters is 1. The zero-order valence-corrected chi connectivity index (χ0v) is 16.3. The van der Waals surface area contributed by atoms with Crippen molar-refractivity contribution in [2.24, 2.45) is 0 Å². The van der Waals surface area contributed by atoms with Gasteiger partial charge in [-0.05, 0) is 43.4 Å². The summed E-state index contributed by atoms with van der Waals surface area (Å²) in [5.74, 6) is -0.144. The molecule has 1 fully saturated rings. The molecule has 28 heavy (non-hydrogen) atoms. The lowest BCUT2D eigenvalue weighted by atomic mass is 10.2. The molecule has 2 aromatic rings. The van der Waals surface area contributed by atoms with Crippen LogP contribution in [0.3, 0.4) is 0 Å². The van der Waals surface area contributed by atoms with Crippen molar-refractivity contribution in [3.05, 3.63) is 48.0 Å². The highest BCUT2D eigenvalue weighted by molar-refractivity contribution is 7.98. The van der Waals surface area contributed by atoms with Crippen molar-refractivity contribution in [1.82, 2.24) is 0 Å². The Morgan fingerprint density at radius 3 is 2.64 bits per heavy atom. The summed E-state index contributed by atoms with van der Waals surface area (Å²) < 4.78 is 17.1. The molecule has 1 heterocycles. The van der Waals surface area contributed by atoms with Gasteiger partial charge in [-0.1, -0.05) is 12.1 Å². The van der Waals surface area contributed by atoms with Gasteiger partial charge in [0.25, 0.3) is 11.7 Å². The Bertz CT molecular complexity index is 907. The molecule has 0 unspecified atom stereocenters. The van der Waals surface area contributed by atoms with E-state index in [2.05, 4.69) is 5.32 Å². The number of rotatable bonds is 5. The number of thioether (sulfide) groups is 1. The molecule has 1 saturated carbocycles.